The summed E-state index contributed by atoms with van der Waals surface area (Å²) in [6.07, 6.45) is 4.68. The third kappa shape index (κ3) is 3.75. The van der Waals surface area contributed by atoms with Crippen LogP contribution in [-0.2, 0) is 0 Å². The van der Waals surface area contributed by atoms with E-state index < -0.39 is 4.92 Å². The lowest BCUT2D eigenvalue weighted by molar-refractivity contribution is -0.384. The first-order chi connectivity index (χ1) is 8.19. The molecule has 0 saturated heterocycles. The minimum absolute atomic E-state index is 0.0497. The summed E-state index contributed by atoms with van der Waals surface area (Å²) in [4.78, 5) is 14.3. The molecule has 0 amide bonds. The van der Waals surface area contributed by atoms with Gasteiger partial charge in [-0.1, -0.05) is 12.2 Å². The Morgan fingerprint density at radius 1 is 1.59 bits per heavy atom. The Kier molecular flexibility index (Phi) is 4.93. The number of nitrogens with one attached hydrogen (secondary N) is 1. The smallest absolute Gasteiger partial charge is 0.311 e. The van der Waals surface area contributed by atoms with Gasteiger partial charge < -0.3 is 10.1 Å². The van der Waals surface area contributed by atoms with E-state index in [4.69, 9.17) is 4.74 Å². The first-order valence-electron chi connectivity index (χ1n) is 5.23. The maximum atomic E-state index is 10.8. The summed E-state index contributed by atoms with van der Waals surface area (Å²) < 4.78 is 4.93. The van der Waals surface area contributed by atoms with E-state index in [-0.39, 0.29) is 11.5 Å². The number of anilines is 1. The fourth-order valence-corrected chi connectivity index (χ4v) is 1.27. The van der Waals surface area contributed by atoms with Crippen molar-refractivity contribution in [1.29, 1.82) is 0 Å². The van der Waals surface area contributed by atoms with E-state index in [0.29, 0.717) is 12.4 Å². The predicted molar refractivity (Wildman–Crippen MR) is 65.4 cm³/mol. The summed E-state index contributed by atoms with van der Waals surface area (Å²) in [5.41, 5.74) is -0.0497. The van der Waals surface area contributed by atoms with Crippen molar-refractivity contribution in [1.82, 2.24) is 4.98 Å². The average molecular weight is 237 g/mol. The van der Waals surface area contributed by atoms with Crippen LogP contribution >= 0.6 is 0 Å². The molecule has 1 aromatic heterocycles. The van der Waals surface area contributed by atoms with Gasteiger partial charge in [-0.15, -0.1) is 0 Å². The number of hydrogen-bond donors (Lipinski definition) is 1. The minimum atomic E-state index is -0.468. The summed E-state index contributed by atoms with van der Waals surface area (Å²) in [5, 5.41) is 13.7. The van der Waals surface area contributed by atoms with Gasteiger partial charge >= 0.3 is 5.69 Å². The van der Waals surface area contributed by atoms with Crippen molar-refractivity contribution >= 4 is 11.5 Å². The zero-order valence-electron chi connectivity index (χ0n) is 9.84. The zero-order chi connectivity index (χ0) is 12.7. The molecule has 0 aromatic carbocycles. The van der Waals surface area contributed by atoms with Crippen molar-refractivity contribution in [3.63, 3.8) is 0 Å². The van der Waals surface area contributed by atoms with E-state index in [9.17, 15) is 10.1 Å². The van der Waals surface area contributed by atoms with Crippen LogP contribution in [0.4, 0.5) is 11.5 Å². The fourth-order valence-electron chi connectivity index (χ4n) is 1.27. The van der Waals surface area contributed by atoms with Gasteiger partial charge in [0, 0.05) is 18.7 Å². The van der Waals surface area contributed by atoms with Gasteiger partial charge in [-0.3, -0.25) is 10.1 Å². The second kappa shape index (κ2) is 6.47. The van der Waals surface area contributed by atoms with Crippen LogP contribution in [0.5, 0.6) is 5.88 Å². The van der Waals surface area contributed by atoms with E-state index in [1.54, 1.807) is 0 Å². The van der Waals surface area contributed by atoms with Crippen LogP contribution in [0.25, 0.3) is 0 Å². The third-order valence-corrected chi connectivity index (χ3v) is 2.09. The van der Waals surface area contributed by atoms with Crippen LogP contribution < -0.4 is 10.1 Å². The highest BCUT2D eigenvalue weighted by Gasteiger charge is 2.15. The summed E-state index contributed by atoms with van der Waals surface area (Å²) in [7, 11) is 1.47. The van der Waals surface area contributed by atoms with Gasteiger partial charge in [0.1, 0.15) is 0 Å². The molecule has 0 radical (unpaired) electrons. The van der Waals surface area contributed by atoms with Crippen molar-refractivity contribution in [2.75, 3.05) is 19.0 Å². The lowest BCUT2D eigenvalue weighted by Crippen LogP contribution is -2.06. The van der Waals surface area contributed by atoms with Gasteiger partial charge in [-0.2, -0.15) is 4.98 Å². The molecule has 0 aliphatic carbocycles. The van der Waals surface area contributed by atoms with Crippen molar-refractivity contribution < 1.29 is 9.66 Å². The lowest BCUT2D eigenvalue weighted by atomic mass is 10.3. The number of aromatic nitrogens is 1. The zero-order valence-corrected chi connectivity index (χ0v) is 9.84. The Morgan fingerprint density at radius 2 is 2.35 bits per heavy atom. The number of methoxy groups -OCH3 is 1. The van der Waals surface area contributed by atoms with Crippen molar-refractivity contribution in [2.45, 2.75) is 13.3 Å². The van der Waals surface area contributed by atoms with Crippen LogP contribution in [0.1, 0.15) is 13.3 Å². The first kappa shape index (κ1) is 13.0. The first-order valence-corrected chi connectivity index (χ1v) is 5.23. The molecule has 0 atom stereocenters. The minimum Gasteiger partial charge on any atom is -0.481 e. The highest BCUT2D eigenvalue weighted by Crippen LogP contribution is 2.24. The largest absolute Gasteiger partial charge is 0.481 e. The van der Waals surface area contributed by atoms with Crippen LogP contribution in [0, 0.1) is 10.1 Å². The number of allylic oxidation sites excluding steroid dienone is 1. The number of ether oxygens (including phenoxy) is 1. The lowest BCUT2D eigenvalue weighted by Gasteiger charge is -2.06. The van der Waals surface area contributed by atoms with Gasteiger partial charge in [-0.25, -0.2) is 0 Å². The van der Waals surface area contributed by atoms with Gasteiger partial charge in [0.25, 0.3) is 0 Å². The van der Waals surface area contributed by atoms with Gasteiger partial charge in [0.05, 0.1) is 12.0 Å². The molecule has 1 aromatic rings. The molecule has 1 heterocycles. The van der Waals surface area contributed by atoms with Crippen LogP contribution in [0.2, 0.25) is 0 Å². The van der Waals surface area contributed by atoms with Crippen molar-refractivity contribution in [3.8, 4) is 5.88 Å². The molecule has 1 rings (SSSR count). The quantitative estimate of drug-likeness (QED) is 0.355. The summed E-state index contributed by atoms with van der Waals surface area (Å²) in [6, 6.07) is 2.85. The Bertz CT molecular complexity index is 418. The van der Waals surface area contributed by atoms with E-state index in [2.05, 4.69) is 10.3 Å². The standard InChI is InChI=1S/C11H15N3O3/c1-3-4-5-8-12-11-9(14(15)16)6-7-10(13-11)17-2/h3-4,6-7H,5,8H2,1-2H3,(H,12,13)/b4-3+. The third-order valence-electron chi connectivity index (χ3n) is 2.09. The molecule has 6 heteroatoms. The Hall–Kier alpha value is -2.11. The summed E-state index contributed by atoms with van der Waals surface area (Å²) in [5.74, 6) is 0.586. The second-order valence-electron chi connectivity index (χ2n) is 3.26. The summed E-state index contributed by atoms with van der Waals surface area (Å²) >= 11 is 0. The normalized spacial score (nSPS) is 10.5. The topological polar surface area (TPSA) is 77.3 Å². The van der Waals surface area contributed by atoms with Crippen LogP contribution in [0.3, 0.4) is 0 Å². The Balaban J connectivity index is 2.81. The molecule has 17 heavy (non-hydrogen) atoms. The van der Waals surface area contributed by atoms with E-state index >= 15 is 0 Å². The molecule has 0 aliphatic heterocycles. The number of nitro groups is 1. The van der Waals surface area contributed by atoms with Crippen molar-refractivity contribution in [3.05, 3.63) is 34.4 Å². The average Bonchev–Trinajstić information content (AvgIpc) is 2.34. The molecule has 0 aliphatic rings. The predicted octanol–water partition coefficient (Wildman–Crippen LogP) is 2.38. The molecule has 1 N–H and O–H groups in total. The number of rotatable bonds is 6. The maximum Gasteiger partial charge on any atom is 0.311 e. The van der Waals surface area contributed by atoms with E-state index in [1.165, 1.54) is 19.2 Å². The highest BCUT2D eigenvalue weighted by atomic mass is 16.6. The Labute approximate surface area is 99.5 Å². The van der Waals surface area contributed by atoms with E-state index in [1.807, 2.05) is 19.1 Å². The van der Waals surface area contributed by atoms with Crippen molar-refractivity contribution in [2.24, 2.45) is 0 Å². The van der Waals surface area contributed by atoms with Crippen LogP contribution in [0.15, 0.2) is 24.3 Å². The van der Waals surface area contributed by atoms with Gasteiger partial charge in [-0.05, 0) is 13.3 Å². The molecular formula is C11H15N3O3. The number of nitrogens with zero attached hydrogens (tertiary/aromatic N) is 2. The molecule has 6 nitrogen and oxygen atoms in total. The number of hydrogen-bond acceptors (Lipinski definition) is 5. The Morgan fingerprint density at radius 3 is 2.94 bits per heavy atom. The monoisotopic (exact) mass is 237 g/mol. The molecular weight excluding hydrogens is 222 g/mol. The summed E-state index contributed by atoms with van der Waals surface area (Å²) in [6.45, 7) is 2.51. The molecule has 0 bridgehead atoms. The van der Waals surface area contributed by atoms with Gasteiger partial charge in [0.2, 0.25) is 11.7 Å². The highest BCUT2D eigenvalue weighted by molar-refractivity contribution is 5.56. The van der Waals surface area contributed by atoms with Crippen LogP contribution in [-0.4, -0.2) is 23.6 Å². The van der Waals surface area contributed by atoms with E-state index in [0.717, 1.165) is 6.42 Å². The molecule has 0 fully saturated rings. The second-order valence-corrected chi connectivity index (χ2v) is 3.26. The molecule has 0 saturated carbocycles. The number of pyridine rings is 1. The molecule has 0 unspecified atom stereocenters. The van der Waals surface area contributed by atoms with Gasteiger partial charge in [0.15, 0.2) is 0 Å². The maximum absolute atomic E-state index is 10.8. The molecule has 92 valence electrons. The molecule has 0 spiro atoms. The SMILES string of the molecule is C/C=C/CCNc1nc(OC)ccc1[N+](=O)[O-]. The fraction of sp³-hybridized carbons (Fsp3) is 0.364.